The van der Waals surface area contributed by atoms with Gasteiger partial charge < -0.3 is 9.73 Å². The van der Waals surface area contributed by atoms with Gasteiger partial charge in [0.05, 0.1) is 5.54 Å². The molecule has 0 spiro atoms. The minimum atomic E-state index is -0.400. The van der Waals surface area contributed by atoms with Crippen molar-refractivity contribution in [2.45, 2.75) is 38.1 Å². The van der Waals surface area contributed by atoms with Crippen molar-refractivity contribution in [1.82, 2.24) is 5.32 Å². The maximum absolute atomic E-state index is 12.8. The van der Waals surface area contributed by atoms with Crippen LogP contribution in [0.5, 0.6) is 0 Å². The van der Waals surface area contributed by atoms with E-state index in [2.05, 4.69) is 12.2 Å². The van der Waals surface area contributed by atoms with E-state index in [9.17, 15) is 4.79 Å². The minimum absolute atomic E-state index is 0.114. The van der Waals surface area contributed by atoms with Crippen molar-refractivity contribution in [1.29, 1.82) is 0 Å². The van der Waals surface area contributed by atoms with Gasteiger partial charge in [-0.1, -0.05) is 31.5 Å². The first kappa shape index (κ1) is 12.4. The number of carbonyl (C=O) groups is 1. The molecular formula is C16H19NO2. The molecule has 2 aromatic rings. The molecule has 0 saturated carbocycles. The highest BCUT2D eigenvalue weighted by Crippen LogP contribution is 2.31. The maximum Gasteiger partial charge on any atom is 0.217 e. The van der Waals surface area contributed by atoms with Crippen LogP contribution < -0.4 is 5.32 Å². The molecule has 3 rings (SSSR count). The van der Waals surface area contributed by atoms with Crippen LogP contribution in [-0.4, -0.2) is 17.9 Å². The highest BCUT2D eigenvalue weighted by atomic mass is 16.3. The van der Waals surface area contributed by atoms with E-state index in [-0.39, 0.29) is 5.78 Å². The molecule has 100 valence electrons. The van der Waals surface area contributed by atoms with Gasteiger partial charge in [0.2, 0.25) is 5.78 Å². The number of benzene rings is 1. The van der Waals surface area contributed by atoms with Gasteiger partial charge in [0.15, 0.2) is 5.76 Å². The Morgan fingerprint density at radius 2 is 2.26 bits per heavy atom. The number of ketones is 1. The van der Waals surface area contributed by atoms with Crippen LogP contribution >= 0.6 is 0 Å². The summed E-state index contributed by atoms with van der Waals surface area (Å²) in [5.41, 5.74) is 0.387. The summed E-state index contributed by atoms with van der Waals surface area (Å²) in [6, 6.07) is 9.64. The molecule has 1 unspecified atom stereocenters. The van der Waals surface area contributed by atoms with Crippen LogP contribution in [0, 0.1) is 0 Å². The second-order valence-corrected chi connectivity index (χ2v) is 5.34. The van der Waals surface area contributed by atoms with E-state index in [0.29, 0.717) is 5.76 Å². The normalized spacial score (nSPS) is 23.0. The second kappa shape index (κ2) is 4.82. The molecule has 1 aromatic heterocycles. The maximum atomic E-state index is 12.8. The van der Waals surface area contributed by atoms with Gasteiger partial charge in [-0.2, -0.15) is 0 Å². The van der Waals surface area contributed by atoms with Crippen LogP contribution in [-0.2, 0) is 0 Å². The van der Waals surface area contributed by atoms with Gasteiger partial charge in [-0.3, -0.25) is 4.79 Å². The predicted molar refractivity (Wildman–Crippen MR) is 75.4 cm³/mol. The number of hydrogen-bond donors (Lipinski definition) is 1. The van der Waals surface area contributed by atoms with Crippen LogP contribution in [0.2, 0.25) is 0 Å². The average Bonchev–Trinajstić information content (AvgIpc) is 3.04. The molecule has 0 aliphatic carbocycles. The molecule has 1 fully saturated rings. The lowest BCUT2D eigenvalue weighted by molar-refractivity contribution is 0.0830. The Morgan fingerprint density at radius 3 is 2.95 bits per heavy atom. The fraction of sp³-hybridized carbons (Fsp3) is 0.438. The van der Waals surface area contributed by atoms with Gasteiger partial charge in [0.25, 0.3) is 0 Å². The van der Waals surface area contributed by atoms with Crippen molar-refractivity contribution in [3.63, 3.8) is 0 Å². The smallest absolute Gasteiger partial charge is 0.217 e. The summed E-state index contributed by atoms with van der Waals surface area (Å²) in [5, 5.41) is 4.40. The summed E-state index contributed by atoms with van der Waals surface area (Å²) >= 11 is 0. The third-order valence-corrected chi connectivity index (χ3v) is 4.00. The Balaban J connectivity index is 1.97. The van der Waals surface area contributed by atoms with Gasteiger partial charge >= 0.3 is 0 Å². The van der Waals surface area contributed by atoms with Gasteiger partial charge in [-0.25, -0.2) is 0 Å². The first-order valence-electron chi connectivity index (χ1n) is 7.03. The van der Waals surface area contributed by atoms with Crippen LogP contribution in [0.3, 0.4) is 0 Å². The van der Waals surface area contributed by atoms with Crippen LogP contribution in [0.1, 0.15) is 43.2 Å². The van der Waals surface area contributed by atoms with Crippen LogP contribution in [0.25, 0.3) is 11.0 Å². The van der Waals surface area contributed by atoms with Crippen molar-refractivity contribution in [3.8, 4) is 0 Å². The van der Waals surface area contributed by atoms with Gasteiger partial charge in [-0.05, 0) is 37.9 Å². The number of hydrogen-bond acceptors (Lipinski definition) is 3. The van der Waals surface area contributed by atoms with Crippen molar-refractivity contribution in [2.24, 2.45) is 0 Å². The Hall–Kier alpha value is -1.61. The number of Topliss-reactive ketones (excluding diaryl/α,β-unsaturated/α-hetero) is 1. The number of nitrogens with one attached hydrogen (secondary N) is 1. The van der Waals surface area contributed by atoms with E-state index >= 15 is 0 Å². The summed E-state index contributed by atoms with van der Waals surface area (Å²) < 4.78 is 5.72. The third-order valence-electron chi connectivity index (χ3n) is 4.00. The number of para-hydroxylation sites is 1. The second-order valence-electron chi connectivity index (χ2n) is 5.34. The van der Waals surface area contributed by atoms with Gasteiger partial charge in [-0.15, -0.1) is 0 Å². The molecule has 0 radical (unpaired) electrons. The Kier molecular flexibility index (Phi) is 3.15. The van der Waals surface area contributed by atoms with E-state index in [0.717, 1.165) is 43.2 Å². The first-order valence-corrected chi connectivity index (χ1v) is 7.03. The summed E-state index contributed by atoms with van der Waals surface area (Å²) in [4.78, 5) is 12.8. The van der Waals surface area contributed by atoms with E-state index < -0.39 is 5.54 Å². The van der Waals surface area contributed by atoms with E-state index in [1.165, 1.54) is 0 Å². The van der Waals surface area contributed by atoms with Crippen LogP contribution in [0.4, 0.5) is 0 Å². The topological polar surface area (TPSA) is 42.2 Å². The predicted octanol–water partition coefficient (Wildman–Crippen LogP) is 3.54. The zero-order chi connectivity index (χ0) is 13.3. The van der Waals surface area contributed by atoms with Crippen molar-refractivity contribution in [2.75, 3.05) is 6.54 Å². The fourth-order valence-electron chi connectivity index (χ4n) is 3.08. The molecule has 1 aliphatic rings. The SMILES string of the molecule is CCCC1(C(=O)c2cc3ccccc3o2)CCCN1. The molecule has 3 heteroatoms. The summed E-state index contributed by atoms with van der Waals surface area (Å²) in [5.74, 6) is 0.604. The Bertz CT molecular complexity index is 561. The third kappa shape index (κ3) is 2.08. The lowest BCUT2D eigenvalue weighted by Crippen LogP contribution is -2.47. The number of furan rings is 1. The molecule has 2 heterocycles. The zero-order valence-electron chi connectivity index (χ0n) is 11.2. The Labute approximate surface area is 113 Å². The molecule has 0 bridgehead atoms. The molecule has 1 atom stereocenters. The average molecular weight is 257 g/mol. The van der Waals surface area contributed by atoms with E-state index in [4.69, 9.17) is 4.42 Å². The molecule has 3 nitrogen and oxygen atoms in total. The molecule has 0 amide bonds. The zero-order valence-corrected chi connectivity index (χ0v) is 11.2. The van der Waals surface area contributed by atoms with Crippen molar-refractivity contribution >= 4 is 16.8 Å². The van der Waals surface area contributed by atoms with E-state index in [1.807, 2.05) is 30.3 Å². The van der Waals surface area contributed by atoms with Crippen molar-refractivity contribution in [3.05, 3.63) is 36.1 Å². The minimum Gasteiger partial charge on any atom is -0.453 e. The molecule has 1 aliphatic heterocycles. The number of carbonyl (C=O) groups excluding carboxylic acids is 1. The van der Waals surface area contributed by atoms with Crippen molar-refractivity contribution < 1.29 is 9.21 Å². The lowest BCUT2D eigenvalue weighted by Gasteiger charge is -2.26. The summed E-state index contributed by atoms with van der Waals surface area (Å²) in [6.45, 7) is 3.04. The van der Waals surface area contributed by atoms with E-state index in [1.54, 1.807) is 0 Å². The molecule has 19 heavy (non-hydrogen) atoms. The summed E-state index contributed by atoms with van der Waals surface area (Å²) in [6.07, 6.45) is 3.85. The molecular weight excluding hydrogens is 238 g/mol. The van der Waals surface area contributed by atoms with Crippen LogP contribution in [0.15, 0.2) is 34.7 Å². The quantitative estimate of drug-likeness (QED) is 0.852. The number of rotatable bonds is 4. The lowest BCUT2D eigenvalue weighted by atomic mass is 9.86. The highest BCUT2D eigenvalue weighted by molar-refractivity contribution is 6.03. The van der Waals surface area contributed by atoms with Gasteiger partial charge in [0.1, 0.15) is 5.58 Å². The first-order chi connectivity index (χ1) is 9.25. The molecule has 1 aromatic carbocycles. The Morgan fingerprint density at radius 1 is 1.42 bits per heavy atom. The monoisotopic (exact) mass is 257 g/mol. The summed E-state index contributed by atoms with van der Waals surface area (Å²) in [7, 11) is 0. The molecule has 1 saturated heterocycles. The standard InChI is InChI=1S/C16H19NO2/c1-2-8-16(9-5-10-17-16)15(18)14-11-12-6-3-4-7-13(12)19-14/h3-4,6-7,11,17H,2,5,8-10H2,1H3. The largest absolute Gasteiger partial charge is 0.453 e. The fourth-order valence-corrected chi connectivity index (χ4v) is 3.08. The van der Waals surface area contributed by atoms with Gasteiger partial charge in [0, 0.05) is 5.39 Å². The highest BCUT2D eigenvalue weighted by Gasteiger charge is 2.41. The number of fused-ring (bicyclic) bond motifs is 1. The molecule has 1 N–H and O–H groups in total.